The van der Waals surface area contributed by atoms with Crippen LogP contribution in [0.3, 0.4) is 0 Å². The highest BCUT2D eigenvalue weighted by molar-refractivity contribution is 7.20. The maximum Gasteiger partial charge on any atom is 0.133 e. The molecular weight excluding hydrogens is 274 g/mol. The van der Waals surface area contributed by atoms with Crippen LogP contribution in [0.2, 0.25) is 0 Å². The Balaban J connectivity index is 1.67. The second-order valence-electron chi connectivity index (χ2n) is 5.63. The fourth-order valence-electron chi connectivity index (χ4n) is 2.50. The van der Waals surface area contributed by atoms with Gasteiger partial charge in [-0.15, -0.1) is 22.7 Å². The van der Waals surface area contributed by atoms with E-state index in [0.29, 0.717) is 0 Å². The summed E-state index contributed by atoms with van der Waals surface area (Å²) in [5.74, 6) is 0. The molecule has 2 aromatic heterocycles. The van der Waals surface area contributed by atoms with Crippen LogP contribution < -0.4 is 5.32 Å². The van der Waals surface area contributed by atoms with Crippen molar-refractivity contribution in [3.05, 3.63) is 28.6 Å². The molecule has 1 saturated heterocycles. The zero-order chi connectivity index (χ0) is 13.3. The van der Waals surface area contributed by atoms with Gasteiger partial charge in [0.1, 0.15) is 5.01 Å². The van der Waals surface area contributed by atoms with Crippen molar-refractivity contribution in [2.45, 2.75) is 25.9 Å². The molecule has 3 nitrogen and oxygen atoms in total. The van der Waals surface area contributed by atoms with E-state index < -0.39 is 0 Å². The van der Waals surface area contributed by atoms with Crippen molar-refractivity contribution in [2.24, 2.45) is 0 Å². The summed E-state index contributed by atoms with van der Waals surface area (Å²) >= 11 is 3.58. The average Bonchev–Trinajstić information content (AvgIpc) is 2.96. The summed E-state index contributed by atoms with van der Waals surface area (Å²) < 4.78 is 0. The monoisotopic (exact) mass is 293 g/mol. The first kappa shape index (κ1) is 13.2. The highest BCUT2D eigenvalue weighted by Gasteiger charge is 2.25. The lowest BCUT2D eigenvalue weighted by Gasteiger charge is -2.38. The van der Waals surface area contributed by atoms with E-state index in [1.165, 1.54) is 9.75 Å². The Hall–Kier alpha value is -0.750. The van der Waals surface area contributed by atoms with Gasteiger partial charge in [-0.1, -0.05) is 6.07 Å². The Morgan fingerprint density at radius 2 is 2.37 bits per heavy atom. The first-order chi connectivity index (χ1) is 9.12. The number of hydrogen-bond donors (Lipinski definition) is 1. The van der Waals surface area contributed by atoms with Crippen LogP contribution in [-0.4, -0.2) is 35.1 Å². The maximum atomic E-state index is 4.55. The van der Waals surface area contributed by atoms with Crippen LogP contribution in [0.5, 0.6) is 0 Å². The topological polar surface area (TPSA) is 28.2 Å². The molecule has 0 atom stereocenters. The Labute approximate surface area is 122 Å². The number of hydrogen-bond acceptors (Lipinski definition) is 5. The SMILES string of the molecule is CC1(C)CN(Cc2cnc(-c3cccs3)s2)CCN1. The molecular formula is C14H19N3S2. The number of thiazole rings is 1. The molecule has 0 bridgehead atoms. The third-order valence-corrected chi connectivity index (χ3v) is 5.34. The average molecular weight is 293 g/mol. The van der Waals surface area contributed by atoms with Gasteiger partial charge in [-0.05, 0) is 25.3 Å². The molecule has 3 rings (SSSR count). The van der Waals surface area contributed by atoms with Gasteiger partial charge in [-0.3, -0.25) is 4.90 Å². The lowest BCUT2D eigenvalue weighted by molar-refractivity contribution is 0.149. The van der Waals surface area contributed by atoms with Crippen molar-refractivity contribution < 1.29 is 0 Å². The van der Waals surface area contributed by atoms with Gasteiger partial charge < -0.3 is 5.32 Å². The Bertz CT molecular complexity index is 531. The van der Waals surface area contributed by atoms with E-state index in [4.69, 9.17) is 0 Å². The minimum atomic E-state index is 0.222. The zero-order valence-electron chi connectivity index (χ0n) is 11.3. The normalized spacial score (nSPS) is 19.7. The molecule has 1 fully saturated rings. The Morgan fingerprint density at radius 3 is 3.11 bits per heavy atom. The fourth-order valence-corrected chi connectivity index (χ4v) is 4.26. The number of nitrogens with one attached hydrogen (secondary N) is 1. The molecule has 0 aromatic carbocycles. The highest BCUT2D eigenvalue weighted by atomic mass is 32.1. The van der Waals surface area contributed by atoms with E-state index in [0.717, 1.165) is 31.2 Å². The highest BCUT2D eigenvalue weighted by Crippen LogP contribution is 2.29. The Kier molecular flexibility index (Phi) is 3.71. The lowest BCUT2D eigenvalue weighted by atomic mass is 10.0. The van der Waals surface area contributed by atoms with Crippen LogP contribution in [0, 0.1) is 0 Å². The first-order valence-electron chi connectivity index (χ1n) is 6.58. The summed E-state index contributed by atoms with van der Waals surface area (Å²) in [5, 5.41) is 6.81. The third kappa shape index (κ3) is 3.23. The van der Waals surface area contributed by atoms with Gasteiger partial charge in [0.25, 0.3) is 0 Å². The molecule has 1 N–H and O–H groups in total. The molecule has 19 heavy (non-hydrogen) atoms. The number of aromatic nitrogens is 1. The summed E-state index contributed by atoms with van der Waals surface area (Å²) in [6.45, 7) is 8.85. The van der Waals surface area contributed by atoms with Crippen molar-refractivity contribution in [3.63, 3.8) is 0 Å². The summed E-state index contributed by atoms with van der Waals surface area (Å²) in [5.41, 5.74) is 0.222. The molecule has 5 heteroatoms. The molecule has 102 valence electrons. The van der Waals surface area contributed by atoms with Crippen LogP contribution >= 0.6 is 22.7 Å². The van der Waals surface area contributed by atoms with Gasteiger partial charge in [0.05, 0.1) is 4.88 Å². The maximum absolute atomic E-state index is 4.55. The number of nitrogens with zero attached hydrogens (tertiary/aromatic N) is 2. The standard InChI is InChI=1S/C14H19N3S2/c1-14(2)10-17(6-5-16-14)9-11-8-15-13(19-11)12-4-3-7-18-12/h3-4,7-8,16H,5-6,9-10H2,1-2H3. The molecule has 0 spiro atoms. The number of rotatable bonds is 3. The van der Waals surface area contributed by atoms with E-state index in [1.54, 1.807) is 11.3 Å². The second kappa shape index (κ2) is 5.32. The van der Waals surface area contributed by atoms with Crippen LogP contribution in [-0.2, 0) is 6.54 Å². The Morgan fingerprint density at radius 1 is 1.47 bits per heavy atom. The molecule has 0 aliphatic carbocycles. The molecule has 0 unspecified atom stereocenters. The van der Waals surface area contributed by atoms with Gasteiger partial charge in [0.2, 0.25) is 0 Å². The van der Waals surface area contributed by atoms with E-state index in [9.17, 15) is 0 Å². The van der Waals surface area contributed by atoms with E-state index in [2.05, 4.69) is 46.6 Å². The first-order valence-corrected chi connectivity index (χ1v) is 8.28. The molecule has 0 saturated carbocycles. The van der Waals surface area contributed by atoms with Gasteiger partial charge in [-0.2, -0.15) is 0 Å². The molecule has 2 aromatic rings. The van der Waals surface area contributed by atoms with Gasteiger partial charge in [0, 0.05) is 42.8 Å². The van der Waals surface area contributed by atoms with E-state index >= 15 is 0 Å². The number of piperazine rings is 1. The molecule has 0 radical (unpaired) electrons. The summed E-state index contributed by atoms with van der Waals surface area (Å²) in [4.78, 5) is 9.70. The summed E-state index contributed by atoms with van der Waals surface area (Å²) in [6, 6.07) is 4.22. The predicted octanol–water partition coefficient (Wildman–Crippen LogP) is 3.06. The lowest BCUT2D eigenvalue weighted by Crippen LogP contribution is -2.56. The quantitative estimate of drug-likeness (QED) is 0.943. The van der Waals surface area contributed by atoms with Gasteiger partial charge in [0.15, 0.2) is 0 Å². The minimum absolute atomic E-state index is 0.222. The van der Waals surface area contributed by atoms with Crippen LogP contribution in [0.1, 0.15) is 18.7 Å². The molecule has 3 heterocycles. The van der Waals surface area contributed by atoms with Crippen molar-refractivity contribution in [3.8, 4) is 9.88 Å². The van der Waals surface area contributed by atoms with Gasteiger partial charge >= 0.3 is 0 Å². The molecule has 0 amide bonds. The van der Waals surface area contributed by atoms with Crippen LogP contribution in [0.25, 0.3) is 9.88 Å². The largest absolute Gasteiger partial charge is 0.309 e. The summed E-state index contributed by atoms with van der Waals surface area (Å²) in [7, 11) is 0. The van der Waals surface area contributed by atoms with E-state index in [1.807, 2.05) is 17.5 Å². The second-order valence-corrected chi connectivity index (χ2v) is 7.69. The van der Waals surface area contributed by atoms with Crippen LogP contribution in [0.15, 0.2) is 23.7 Å². The van der Waals surface area contributed by atoms with Crippen molar-refractivity contribution in [1.82, 2.24) is 15.2 Å². The van der Waals surface area contributed by atoms with Crippen molar-refractivity contribution in [2.75, 3.05) is 19.6 Å². The summed E-state index contributed by atoms with van der Waals surface area (Å²) in [6.07, 6.45) is 2.04. The minimum Gasteiger partial charge on any atom is -0.309 e. The third-order valence-electron chi connectivity index (χ3n) is 3.32. The molecule has 1 aliphatic rings. The molecule has 1 aliphatic heterocycles. The predicted molar refractivity (Wildman–Crippen MR) is 82.8 cm³/mol. The fraction of sp³-hybridized carbons (Fsp3) is 0.500. The van der Waals surface area contributed by atoms with Crippen LogP contribution in [0.4, 0.5) is 0 Å². The zero-order valence-corrected chi connectivity index (χ0v) is 13.0. The smallest absolute Gasteiger partial charge is 0.133 e. The van der Waals surface area contributed by atoms with Gasteiger partial charge in [-0.25, -0.2) is 4.98 Å². The number of thiophene rings is 1. The van der Waals surface area contributed by atoms with Crippen molar-refractivity contribution >= 4 is 22.7 Å². The van der Waals surface area contributed by atoms with E-state index in [-0.39, 0.29) is 5.54 Å². The van der Waals surface area contributed by atoms with Crippen molar-refractivity contribution in [1.29, 1.82) is 0 Å².